The molecular formula is C13H26N+. The van der Waals surface area contributed by atoms with E-state index >= 15 is 0 Å². The normalized spacial score (nSPS) is 35.8. The molecule has 1 saturated heterocycles. The minimum atomic E-state index is 1.01. The van der Waals surface area contributed by atoms with Crippen LogP contribution in [0.2, 0.25) is 0 Å². The van der Waals surface area contributed by atoms with Gasteiger partial charge in [0.05, 0.1) is 19.6 Å². The van der Waals surface area contributed by atoms with Gasteiger partial charge in [-0.1, -0.05) is 19.8 Å². The molecule has 1 saturated carbocycles. The molecule has 1 heterocycles. The standard InChI is InChI=1S/C13H25N/c1-12-6-5-7-13(10-12)11-14-8-3-2-4-9-14/h12-13H,2-11H2,1H3/p+1. The predicted molar refractivity (Wildman–Crippen MR) is 60.5 cm³/mol. The van der Waals surface area contributed by atoms with Gasteiger partial charge in [-0.3, -0.25) is 0 Å². The van der Waals surface area contributed by atoms with Gasteiger partial charge < -0.3 is 4.90 Å². The highest BCUT2D eigenvalue weighted by Gasteiger charge is 2.24. The van der Waals surface area contributed by atoms with Crippen LogP contribution in [-0.2, 0) is 0 Å². The van der Waals surface area contributed by atoms with E-state index in [1.165, 1.54) is 64.6 Å². The second-order valence-corrected chi connectivity index (χ2v) is 5.65. The average Bonchev–Trinajstić information content (AvgIpc) is 2.19. The van der Waals surface area contributed by atoms with Crippen molar-refractivity contribution in [2.75, 3.05) is 19.6 Å². The van der Waals surface area contributed by atoms with E-state index in [0.29, 0.717) is 0 Å². The molecule has 0 bridgehead atoms. The van der Waals surface area contributed by atoms with Crippen molar-refractivity contribution in [1.82, 2.24) is 0 Å². The van der Waals surface area contributed by atoms with Crippen molar-refractivity contribution in [3.05, 3.63) is 0 Å². The molecule has 0 aromatic rings. The van der Waals surface area contributed by atoms with Crippen molar-refractivity contribution in [1.29, 1.82) is 0 Å². The van der Waals surface area contributed by atoms with Crippen molar-refractivity contribution < 1.29 is 4.90 Å². The molecule has 2 fully saturated rings. The molecule has 1 N–H and O–H groups in total. The molecular weight excluding hydrogens is 170 g/mol. The maximum Gasteiger partial charge on any atom is 0.0799 e. The Labute approximate surface area is 88.9 Å². The van der Waals surface area contributed by atoms with E-state index in [0.717, 1.165) is 11.8 Å². The van der Waals surface area contributed by atoms with Gasteiger partial charge in [-0.2, -0.15) is 0 Å². The fourth-order valence-corrected chi connectivity index (χ4v) is 3.41. The van der Waals surface area contributed by atoms with Crippen LogP contribution < -0.4 is 4.90 Å². The summed E-state index contributed by atoms with van der Waals surface area (Å²) < 4.78 is 0. The van der Waals surface area contributed by atoms with Crippen LogP contribution >= 0.6 is 0 Å². The molecule has 2 aliphatic rings. The number of hydrogen-bond donors (Lipinski definition) is 1. The van der Waals surface area contributed by atoms with Gasteiger partial charge in [-0.25, -0.2) is 0 Å². The van der Waals surface area contributed by atoms with Crippen LogP contribution in [0.15, 0.2) is 0 Å². The van der Waals surface area contributed by atoms with Gasteiger partial charge in [0.25, 0.3) is 0 Å². The zero-order valence-corrected chi connectivity index (χ0v) is 9.73. The zero-order valence-electron chi connectivity index (χ0n) is 9.73. The third-order valence-electron chi connectivity index (χ3n) is 4.18. The van der Waals surface area contributed by atoms with E-state index in [1.807, 2.05) is 4.90 Å². The van der Waals surface area contributed by atoms with Crippen LogP contribution in [0.25, 0.3) is 0 Å². The van der Waals surface area contributed by atoms with Crippen LogP contribution in [0.4, 0.5) is 0 Å². The lowest BCUT2D eigenvalue weighted by molar-refractivity contribution is -0.908. The lowest BCUT2D eigenvalue weighted by atomic mass is 9.82. The van der Waals surface area contributed by atoms with Gasteiger partial charge in [0.2, 0.25) is 0 Å². The van der Waals surface area contributed by atoms with Gasteiger partial charge in [-0.15, -0.1) is 0 Å². The van der Waals surface area contributed by atoms with Gasteiger partial charge in [0, 0.05) is 5.92 Å². The van der Waals surface area contributed by atoms with Crippen molar-refractivity contribution in [2.45, 2.75) is 51.9 Å². The SMILES string of the molecule is CC1CCCC(C[NH+]2CCCCC2)C1. The maximum absolute atomic E-state index is 2.44. The van der Waals surface area contributed by atoms with Crippen LogP contribution in [-0.4, -0.2) is 19.6 Å². The first-order chi connectivity index (χ1) is 6.84. The molecule has 1 aliphatic carbocycles. The summed E-state index contributed by atoms with van der Waals surface area (Å²) in [6.07, 6.45) is 10.5. The van der Waals surface area contributed by atoms with Crippen LogP contribution in [0, 0.1) is 11.8 Å². The Hall–Kier alpha value is -0.0400. The Morgan fingerprint density at radius 2 is 1.79 bits per heavy atom. The number of likely N-dealkylation sites (tertiary alicyclic amines) is 1. The fraction of sp³-hybridized carbons (Fsp3) is 1.00. The third kappa shape index (κ3) is 2.98. The smallest absolute Gasteiger partial charge is 0.0799 e. The quantitative estimate of drug-likeness (QED) is 0.688. The third-order valence-corrected chi connectivity index (χ3v) is 4.18. The first kappa shape index (κ1) is 10.5. The molecule has 0 amide bonds. The summed E-state index contributed by atoms with van der Waals surface area (Å²) in [5, 5.41) is 0. The zero-order chi connectivity index (χ0) is 9.80. The molecule has 1 nitrogen and oxygen atoms in total. The molecule has 0 aromatic carbocycles. The van der Waals surface area contributed by atoms with Crippen molar-refractivity contribution in [3.63, 3.8) is 0 Å². The molecule has 14 heavy (non-hydrogen) atoms. The highest BCUT2D eigenvalue weighted by Crippen LogP contribution is 2.27. The second-order valence-electron chi connectivity index (χ2n) is 5.65. The Morgan fingerprint density at radius 1 is 1.00 bits per heavy atom. The molecule has 0 spiro atoms. The molecule has 1 heteroatoms. The minimum absolute atomic E-state index is 1.01. The molecule has 82 valence electrons. The monoisotopic (exact) mass is 196 g/mol. The molecule has 0 radical (unpaired) electrons. The van der Waals surface area contributed by atoms with Gasteiger partial charge in [0.15, 0.2) is 0 Å². The summed E-state index contributed by atoms with van der Waals surface area (Å²) in [4.78, 5) is 1.91. The van der Waals surface area contributed by atoms with Gasteiger partial charge in [0.1, 0.15) is 0 Å². The topological polar surface area (TPSA) is 4.44 Å². The number of quaternary nitrogens is 1. The van der Waals surface area contributed by atoms with E-state index in [-0.39, 0.29) is 0 Å². The van der Waals surface area contributed by atoms with Gasteiger partial charge in [-0.05, 0) is 38.0 Å². The van der Waals surface area contributed by atoms with Crippen molar-refractivity contribution in [2.24, 2.45) is 11.8 Å². The summed E-state index contributed by atoms with van der Waals surface area (Å²) in [6.45, 7) is 6.86. The highest BCUT2D eigenvalue weighted by molar-refractivity contribution is 4.69. The maximum atomic E-state index is 2.44. The summed E-state index contributed by atoms with van der Waals surface area (Å²) in [6, 6.07) is 0. The Balaban J connectivity index is 1.72. The van der Waals surface area contributed by atoms with E-state index in [2.05, 4.69) is 6.92 Å². The Kier molecular flexibility index (Phi) is 3.86. The van der Waals surface area contributed by atoms with Crippen LogP contribution in [0.1, 0.15) is 51.9 Å². The van der Waals surface area contributed by atoms with E-state index in [1.54, 1.807) is 0 Å². The highest BCUT2D eigenvalue weighted by atomic mass is 15.1. The molecule has 2 rings (SSSR count). The molecule has 1 aliphatic heterocycles. The van der Waals surface area contributed by atoms with Gasteiger partial charge >= 0.3 is 0 Å². The molecule has 2 unspecified atom stereocenters. The molecule has 2 atom stereocenters. The summed E-state index contributed by atoms with van der Waals surface area (Å²) in [5.41, 5.74) is 0. The number of nitrogens with one attached hydrogen (secondary N) is 1. The first-order valence-electron chi connectivity index (χ1n) is 6.68. The summed E-state index contributed by atoms with van der Waals surface area (Å²) >= 11 is 0. The predicted octanol–water partition coefficient (Wildman–Crippen LogP) is 1.88. The van der Waals surface area contributed by atoms with E-state index in [9.17, 15) is 0 Å². The minimum Gasteiger partial charge on any atom is -0.335 e. The lowest BCUT2D eigenvalue weighted by Gasteiger charge is -2.31. The number of hydrogen-bond acceptors (Lipinski definition) is 0. The summed E-state index contributed by atoms with van der Waals surface area (Å²) in [7, 11) is 0. The Morgan fingerprint density at radius 3 is 2.50 bits per heavy atom. The van der Waals surface area contributed by atoms with E-state index < -0.39 is 0 Å². The van der Waals surface area contributed by atoms with Crippen LogP contribution in [0.3, 0.4) is 0 Å². The average molecular weight is 196 g/mol. The number of rotatable bonds is 2. The fourth-order valence-electron chi connectivity index (χ4n) is 3.41. The lowest BCUT2D eigenvalue weighted by Crippen LogP contribution is -3.13. The summed E-state index contributed by atoms with van der Waals surface area (Å²) in [5.74, 6) is 2.07. The first-order valence-corrected chi connectivity index (χ1v) is 6.68. The number of piperidine rings is 1. The van der Waals surface area contributed by atoms with Crippen LogP contribution in [0.5, 0.6) is 0 Å². The van der Waals surface area contributed by atoms with Crippen molar-refractivity contribution >= 4 is 0 Å². The second kappa shape index (κ2) is 5.16. The molecule has 0 aromatic heterocycles. The Bertz CT molecular complexity index is 161. The largest absolute Gasteiger partial charge is 0.335 e. The van der Waals surface area contributed by atoms with E-state index in [4.69, 9.17) is 0 Å². The van der Waals surface area contributed by atoms with Crippen molar-refractivity contribution in [3.8, 4) is 0 Å².